The van der Waals surface area contributed by atoms with Crippen LogP contribution < -0.4 is 0 Å². The summed E-state index contributed by atoms with van der Waals surface area (Å²) in [4.78, 5) is 14.0. The van der Waals surface area contributed by atoms with E-state index in [-0.39, 0.29) is 16.8 Å². The van der Waals surface area contributed by atoms with Gasteiger partial charge in [-0.1, -0.05) is 6.07 Å². The van der Waals surface area contributed by atoms with E-state index in [1.54, 1.807) is 13.0 Å². The van der Waals surface area contributed by atoms with Crippen LogP contribution in [-0.2, 0) is 14.8 Å². The maximum Gasteiger partial charge on any atom is 0.245 e. The van der Waals surface area contributed by atoms with Crippen molar-refractivity contribution in [2.45, 2.75) is 50.5 Å². The Morgan fingerprint density at radius 3 is 2.42 bits per heavy atom. The molecule has 2 aliphatic heterocycles. The summed E-state index contributed by atoms with van der Waals surface area (Å²) in [7, 11) is -3.70. The number of carbonyl (C=O) groups excluding carboxylic acids is 1. The van der Waals surface area contributed by atoms with Crippen molar-refractivity contribution in [3.8, 4) is 0 Å². The molecule has 0 N–H and O–H groups in total. The molecule has 0 saturated carbocycles. The molecule has 8 nitrogen and oxygen atoms in total. The van der Waals surface area contributed by atoms with Gasteiger partial charge >= 0.3 is 0 Å². The van der Waals surface area contributed by atoms with E-state index in [1.165, 1.54) is 4.31 Å². The second kappa shape index (κ2) is 6.31. The molecule has 1 aromatic heterocycles. The van der Waals surface area contributed by atoms with Crippen LogP contribution in [0, 0.1) is 13.8 Å². The summed E-state index contributed by atoms with van der Waals surface area (Å²) in [6, 6.07) is 1.94. The van der Waals surface area contributed by atoms with Crippen LogP contribution in [-0.4, -0.2) is 59.5 Å². The van der Waals surface area contributed by atoms with Crippen molar-refractivity contribution in [2.75, 3.05) is 19.6 Å². The molecule has 26 heavy (non-hydrogen) atoms. The number of hydrogen-bond acceptors (Lipinski definition) is 6. The summed E-state index contributed by atoms with van der Waals surface area (Å²) < 4.78 is 32.8. The van der Waals surface area contributed by atoms with Gasteiger partial charge in [0.15, 0.2) is 5.52 Å². The quantitative estimate of drug-likeness (QED) is 0.805. The van der Waals surface area contributed by atoms with Crippen molar-refractivity contribution in [2.24, 2.45) is 0 Å². The molecule has 0 atom stereocenters. The molecule has 140 valence electrons. The van der Waals surface area contributed by atoms with Crippen molar-refractivity contribution in [3.05, 3.63) is 17.2 Å². The lowest BCUT2D eigenvalue weighted by Gasteiger charge is -2.36. The van der Waals surface area contributed by atoms with Gasteiger partial charge in [0, 0.05) is 32.1 Å². The predicted octanol–water partition coefficient (Wildman–Crippen LogP) is 1.62. The van der Waals surface area contributed by atoms with Crippen molar-refractivity contribution < 1.29 is 17.8 Å². The van der Waals surface area contributed by atoms with Crippen LogP contribution in [0.1, 0.15) is 36.8 Å². The van der Waals surface area contributed by atoms with Gasteiger partial charge in [0.1, 0.15) is 10.4 Å². The van der Waals surface area contributed by atoms with Gasteiger partial charge in [0.05, 0.1) is 0 Å². The largest absolute Gasteiger partial charge is 0.340 e. The Morgan fingerprint density at radius 2 is 1.77 bits per heavy atom. The molecule has 2 fully saturated rings. The number of fused-ring (bicyclic) bond motifs is 1. The molecule has 3 heterocycles. The Kier molecular flexibility index (Phi) is 4.23. The summed E-state index contributed by atoms with van der Waals surface area (Å²) in [6.07, 6.45) is 2.83. The van der Waals surface area contributed by atoms with Gasteiger partial charge in [-0.05, 0) is 54.6 Å². The SMILES string of the molecule is Cc1cc(C)c2nonc2c1S(=O)(=O)N1CCC(N2CCCC2=O)CC1. The lowest BCUT2D eigenvalue weighted by molar-refractivity contribution is -0.130. The predicted molar refractivity (Wildman–Crippen MR) is 94.0 cm³/mol. The maximum absolute atomic E-state index is 13.3. The number of amides is 1. The van der Waals surface area contributed by atoms with Gasteiger partial charge in [-0.3, -0.25) is 4.79 Å². The molecule has 0 radical (unpaired) electrons. The zero-order chi connectivity index (χ0) is 18.5. The molecule has 1 amide bonds. The fourth-order valence-corrected chi connectivity index (χ4v) is 5.94. The van der Waals surface area contributed by atoms with E-state index < -0.39 is 10.0 Å². The lowest BCUT2D eigenvalue weighted by atomic mass is 10.1. The van der Waals surface area contributed by atoms with Crippen molar-refractivity contribution in [1.29, 1.82) is 0 Å². The summed E-state index contributed by atoms with van der Waals surface area (Å²) in [5.74, 6) is 0.191. The first-order chi connectivity index (χ1) is 12.4. The monoisotopic (exact) mass is 378 g/mol. The zero-order valence-corrected chi connectivity index (χ0v) is 15.8. The Morgan fingerprint density at radius 1 is 1.08 bits per heavy atom. The third-order valence-electron chi connectivity index (χ3n) is 5.44. The third kappa shape index (κ3) is 2.69. The molecule has 2 aromatic rings. The van der Waals surface area contributed by atoms with E-state index in [0.717, 1.165) is 18.5 Å². The van der Waals surface area contributed by atoms with Crippen LogP contribution in [0.25, 0.3) is 11.0 Å². The standard InChI is InChI=1S/C17H22N4O4S/c1-11-10-12(2)17(16-15(11)18-25-19-16)26(23,24)20-8-5-13(6-9-20)21-7-3-4-14(21)22/h10,13H,3-9H2,1-2H3. The zero-order valence-electron chi connectivity index (χ0n) is 14.9. The number of aryl methyl sites for hydroxylation is 2. The lowest BCUT2D eigenvalue weighted by Crippen LogP contribution is -2.47. The topological polar surface area (TPSA) is 96.6 Å². The summed E-state index contributed by atoms with van der Waals surface area (Å²) in [5, 5.41) is 7.68. The van der Waals surface area contributed by atoms with E-state index in [4.69, 9.17) is 4.63 Å². The molecule has 1 aromatic carbocycles. The number of hydrogen-bond donors (Lipinski definition) is 0. The molecular weight excluding hydrogens is 356 g/mol. The Labute approximate surface area is 152 Å². The maximum atomic E-state index is 13.3. The number of sulfonamides is 1. The second-order valence-corrected chi connectivity index (χ2v) is 9.00. The van der Waals surface area contributed by atoms with E-state index in [2.05, 4.69) is 10.3 Å². The van der Waals surface area contributed by atoms with Crippen LogP contribution >= 0.6 is 0 Å². The number of benzene rings is 1. The molecular formula is C17H22N4O4S. The average molecular weight is 378 g/mol. The number of likely N-dealkylation sites (tertiary alicyclic amines) is 1. The first kappa shape index (κ1) is 17.4. The highest BCUT2D eigenvalue weighted by Crippen LogP contribution is 2.32. The van der Waals surface area contributed by atoms with Crippen LogP contribution in [0.3, 0.4) is 0 Å². The molecule has 2 aliphatic rings. The minimum absolute atomic E-state index is 0.143. The number of aromatic nitrogens is 2. The molecule has 0 spiro atoms. The Bertz CT molecular complexity index is 961. The minimum atomic E-state index is -3.70. The molecule has 4 rings (SSSR count). The van der Waals surface area contributed by atoms with Crippen molar-refractivity contribution in [1.82, 2.24) is 19.5 Å². The van der Waals surface area contributed by atoms with Crippen LogP contribution in [0.2, 0.25) is 0 Å². The van der Waals surface area contributed by atoms with E-state index in [9.17, 15) is 13.2 Å². The third-order valence-corrected chi connectivity index (χ3v) is 7.52. The molecule has 0 aliphatic carbocycles. The highest BCUT2D eigenvalue weighted by atomic mass is 32.2. The normalized spacial score (nSPS) is 20.4. The van der Waals surface area contributed by atoms with Gasteiger partial charge in [-0.2, -0.15) is 4.31 Å². The molecule has 2 saturated heterocycles. The fraction of sp³-hybridized carbons (Fsp3) is 0.588. The van der Waals surface area contributed by atoms with Gasteiger partial charge < -0.3 is 4.90 Å². The van der Waals surface area contributed by atoms with E-state index in [0.29, 0.717) is 48.9 Å². The number of rotatable bonds is 3. The van der Waals surface area contributed by atoms with Crippen LogP contribution in [0.4, 0.5) is 0 Å². The van der Waals surface area contributed by atoms with Gasteiger partial charge in [-0.25, -0.2) is 13.0 Å². The van der Waals surface area contributed by atoms with Crippen LogP contribution in [0.5, 0.6) is 0 Å². The second-order valence-electron chi connectivity index (χ2n) is 7.13. The number of nitrogens with zero attached hydrogens (tertiary/aromatic N) is 4. The Balaban J connectivity index is 1.61. The summed E-state index contributed by atoms with van der Waals surface area (Å²) in [5.41, 5.74) is 2.25. The highest BCUT2D eigenvalue weighted by Gasteiger charge is 2.36. The molecule has 9 heteroatoms. The number of carbonyl (C=O) groups is 1. The van der Waals surface area contributed by atoms with E-state index in [1.807, 2.05) is 11.8 Å². The Hall–Kier alpha value is -2.00. The average Bonchev–Trinajstić information content (AvgIpc) is 3.24. The van der Waals surface area contributed by atoms with Crippen molar-refractivity contribution >= 4 is 27.0 Å². The van der Waals surface area contributed by atoms with Crippen molar-refractivity contribution in [3.63, 3.8) is 0 Å². The summed E-state index contributed by atoms with van der Waals surface area (Å²) >= 11 is 0. The number of piperidine rings is 1. The van der Waals surface area contributed by atoms with Gasteiger partial charge in [0.2, 0.25) is 15.9 Å². The van der Waals surface area contributed by atoms with Gasteiger partial charge in [-0.15, -0.1) is 0 Å². The fourth-order valence-electron chi connectivity index (χ4n) is 4.15. The smallest absolute Gasteiger partial charge is 0.245 e. The van der Waals surface area contributed by atoms with Crippen LogP contribution in [0.15, 0.2) is 15.6 Å². The van der Waals surface area contributed by atoms with E-state index >= 15 is 0 Å². The first-order valence-electron chi connectivity index (χ1n) is 8.91. The summed E-state index contributed by atoms with van der Waals surface area (Å²) in [6.45, 7) is 5.21. The molecule has 0 bridgehead atoms. The highest BCUT2D eigenvalue weighted by molar-refractivity contribution is 7.89. The van der Waals surface area contributed by atoms with Gasteiger partial charge in [0.25, 0.3) is 0 Å². The molecule has 0 unspecified atom stereocenters. The first-order valence-corrected chi connectivity index (χ1v) is 10.4. The minimum Gasteiger partial charge on any atom is -0.340 e.